The Kier molecular flexibility index (Phi) is 7.79. The van der Waals surface area contributed by atoms with Crippen LogP contribution in [-0.2, 0) is 19.7 Å². The van der Waals surface area contributed by atoms with Crippen molar-refractivity contribution in [2.45, 2.75) is 19.4 Å². The van der Waals surface area contributed by atoms with Crippen LogP contribution >= 0.6 is 0 Å². The second-order valence-corrected chi connectivity index (χ2v) is 4.62. The molecule has 0 aromatic carbocycles. The van der Waals surface area contributed by atoms with Crippen molar-refractivity contribution in [1.82, 2.24) is 9.44 Å². The molecule has 0 rings (SSSR count). The fourth-order valence-corrected chi connectivity index (χ4v) is 2.06. The summed E-state index contributed by atoms with van der Waals surface area (Å²) >= 11 is 0. The minimum absolute atomic E-state index is 0.0889. The summed E-state index contributed by atoms with van der Waals surface area (Å²) in [7, 11) is -2.52. The Morgan fingerprint density at radius 3 is 2.59 bits per heavy atom. The van der Waals surface area contributed by atoms with Crippen molar-refractivity contribution >= 4 is 16.3 Å². The lowest BCUT2D eigenvalue weighted by Crippen LogP contribution is -2.47. The molecule has 0 aromatic heterocycles. The monoisotopic (exact) mass is 269 g/mol. The minimum atomic E-state index is -3.96. The number of carbonyl (C=O) groups is 1. The average molecular weight is 269 g/mol. The molecule has 102 valence electrons. The first-order valence-electron chi connectivity index (χ1n) is 5.11. The molecule has 17 heavy (non-hydrogen) atoms. The number of carbonyl (C=O) groups excluding carboxylic acids is 1. The van der Waals surface area contributed by atoms with Gasteiger partial charge in [-0.1, -0.05) is 0 Å². The van der Waals surface area contributed by atoms with Crippen LogP contribution in [0.5, 0.6) is 0 Å². The van der Waals surface area contributed by atoms with Gasteiger partial charge >= 0.3 is 16.3 Å². The highest BCUT2D eigenvalue weighted by molar-refractivity contribution is 7.88. The van der Waals surface area contributed by atoms with Crippen LogP contribution in [0.3, 0.4) is 0 Å². The van der Waals surface area contributed by atoms with Gasteiger partial charge in [-0.15, -0.1) is 0 Å². The highest BCUT2D eigenvalue weighted by Crippen LogP contribution is 1.94. The zero-order valence-corrected chi connectivity index (χ0v) is 10.7. The molecule has 1 unspecified atom stereocenters. The molecule has 0 radical (unpaired) electrons. The predicted octanol–water partition coefficient (Wildman–Crippen LogP) is -1.07. The molecular formula is C8H19N3O5S. The Morgan fingerprint density at radius 1 is 1.47 bits per heavy atom. The van der Waals surface area contributed by atoms with E-state index in [2.05, 4.69) is 9.46 Å². The summed E-state index contributed by atoms with van der Waals surface area (Å²) in [4.78, 5) is 10.9. The van der Waals surface area contributed by atoms with Crippen molar-refractivity contribution in [3.63, 3.8) is 0 Å². The van der Waals surface area contributed by atoms with Crippen molar-refractivity contribution in [3.8, 4) is 0 Å². The summed E-state index contributed by atoms with van der Waals surface area (Å²) in [5.74, 6) is 0. The predicted molar refractivity (Wildman–Crippen MR) is 61.5 cm³/mol. The van der Waals surface area contributed by atoms with Crippen LogP contribution in [0.1, 0.15) is 13.3 Å². The van der Waals surface area contributed by atoms with Gasteiger partial charge in [0.2, 0.25) is 0 Å². The quantitative estimate of drug-likeness (QED) is 0.516. The van der Waals surface area contributed by atoms with Gasteiger partial charge in [-0.25, -0.2) is 9.52 Å². The topological polar surface area (TPSA) is 120 Å². The first-order valence-corrected chi connectivity index (χ1v) is 6.59. The fourth-order valence-electron chi connectivity index (χ4n) is 1.10. The molecule has 9 heteroatoms. The van der Waals surface area contributed by atoms with Crippen molar-refractivity contribution < 1.29 is 22.7 Å². The molecule has 0 saturated heterocycles. The molecule has 0 saturated carbocycles. The van der Waals surface area contributed by atoms with Gasteiger partial charge < -0.3 is 15.2 Å². The number of rotatable bonds is 8. The van der Waals surface area contributed by atoms with Crippen molar-refractivity contribution in [1.29, 1.82) is 0 Å². The van der Waals surface area contributed by atoms with Crippen LogP contribution in [-0.4, -0.2) is 47.4 Å². The van der Waals surface area contributed by atoms with E-state index in [4.69, 9.17) is 10.5 Å². The zero-order valence-electron chi connectivity index (χ0n) is 9.93. The van der Waals surface area contributed by atoms with E-state index in [9.17, 15) is 13.2 Å². The summed E-state index contributed by atoms with van der Waals surface area (Å²) in [5, 5.41) is 0. The van der Waals surface area contributed by atoms with E-state index in [1.165, 1.54) is 7.11 Å². The molecule has 0 spiro atoms. The van der Waals surface area contributed by atoms with Crippen LogP contribution in [0.25, 0.3) is 0 Å². The second-order valence-electron chi connectivity index (χ2n) is 3.17. The lowest BCUT2D eigenvalue weighted by molar-refractivity contribution is 0.157. The van der Waals surface area contributed by atoms with Crippen molar-refractivity contribution in [2.75, 3.05) is 26.9 Å². The number of hydrogen-bond donors (Lipinski definition) is 3. The molecule has 1 amide bonds. The number of hydrogen-bond acceptors (Lipinski definition) is 6. The molecule has 1 atom stereocenters. The Bertz CT molecular complexity index is 313. The Balaban J connectivity index is 4.34. The smallest absolute Gasteiger partial charge is 0.421 e. The highest BCUT2D eigenvalue weighted by Gasteiger charge is 2.19. The van der Waals surface area contributed by atoms with Gasteiger partial charge in [0.05, 0.1) is 13.2 Å². The van der Waals surface area contributed by atoms with Gasteiger partial charge in [0, 0.05) is 13.2 Å². The van der Waals surface area contributed by atoms with Crippen LogP contribution in [0.4, 0.5) is 4.79 Å². The van der Waals surface area contributed by atoms with Gasteiger partial charge in [-0.3, -0.25) is 0 Å². The molecule has 0 bridgehead atoms. The van der Waals surface area contributed by atoms with Gasteiger partial charge in [-0.2, -0.15) is 13.1 Å². The summed E-state index contributed by atoms with van der Waals surface area (Å²) in [5.41, 5.74) is 5.33. The molecule has 0 aromatic rings. The Morgan fingerprint density at radius 2 is 2.12 bits per heavy atom. The minimum Gasteiger partial charge on any atom is -0.449 e. The van der Waals surface area contributed by atoms with E-state index in [0.29, 0.717) is 13.0 Å². The van der Waals surface area contributed by atoms with Crippen molar-refractivity contribution in [2.24, 2.45) is 5.73 Å². The Labute approximate surface area is 101 Å². The number of amides is 1. The second kappa shape index (κ2) is 8.23. The van der Waals surface area contributed by atoms with Crippen LogP contribution in [0.15, 0.2) is 0 Å². The molecule has 0 aliphatic rings. The molecule has 4 N–H and O–H groups in total. The van der Waals surface area contributed by atoms with Gasteiger partial charge in [0.25, 0.3) is 0 Å². The highest BCUT2D eigenvalue weighted by atomic mass is 32.2. The number of ether oxygens (including phenoxy) is 2. The first kappa shape index (κ1) is 16.1. The third-order valence-electron chi connectivity index (χ3n) is 1.70. The van der Waals surface area contributed by atoms with Crippen LogP contribution < -0.4 is 15.2 Å². The third kappa shape index (κ3) is 7.91. The maximum absolute atomic E-state index is 11.5. The molecule has 0 fully saturated rings. The summed E-state index contributed by atoms with van der Waals surface area (Å²) in [6.07, 6.45) is -0.624. The lowest BCUT2D eigenvalue weighted by atomic mass is 10.2. The van der Waals surface area contributed by atoms with E-state index >= 15 is 0 Å². The summed E-state index contributed by atoms with van der Waals surface area (Å²) < 4.78 is 36.1. The van der Waals surface area contributed by atoms with Crippen LogP contribution in [0.2, 0.25) is 0 Å². The van der Waals surface area contributed by atoms with Gasteiger partial charge in [-0.05, 0) is 19.9 Å². The van der Waals surface area contributed by atoms with E-state index in [1.54, 1.807) is 11.6 Å². The number of nitrogens with two attached hydrogens (primary N) is 1. The first-order chi connectivity index (χ1) is 7.95. The average Bonchev–Trinajstić information content (AvgIpc) is 2.16. The standard InChI is InChI=1S/C8H19N3O5S/c1-3-16-8(12)11-17(13,14)10-7(4-5-9)6-15-2/h7,10H,3-6,9H2,1-2H3,(H,11,12). The Hall–Kier alpha value is -0.900. The molecule has 0 aliphatic heterocycles. The van der Waals surface area contributed by atoms with Crippen LogP contribution in [0, 0.1) is 0 Å². The number of methoxy groups -OCH3 is 1. The molecule has 8 nitrogen and oxygen atoms in total. The third-order valence-corrected chi connectivity index (χ3v) is 2.78. The fraction of sp³-hybridized carbons (Fsp3) is 0.875. The largest absolute Gasteiger partial charge is 0.449 e. The normalized spacial score (nSPS) is 13.1. The molecular weight excluding hydrogens is 250 g/mol. The number of nitrogens with one attached hydrogen (secondary N) is 2. The van der Waals surface area contributed by atoms with Gasteiger partial charge in [0.1, 0.15) is 0 Å². The van der Waals surface area contributed by atoms with Crippen molar-refractivity contribution in [3.05, 3.63) is 0 Å². The summed E-state index contributed by atoms with van der Waals surface area (Å²) in [6, 6.07) is -0.489. The SMILES string of the molecule is CCOC(=O)NS(=O)(=O)NC(CCN)COC. The van der Waals surface area contributed by atoms with Gasteiger partial charge in [0.15, 0.2) is 0 Å². The maximum atomic E-state index is 11.5. The molecule has 0 heterocycles. The lowest BCUT2D eigenvalue weighted by Gasteiger charge is -2.17. The molecule has 0 aliphatic carbocycles. The van der Waals surface area contributed by atoms with E-state index in [-0.39, 0.29) is 13.2 Å². The summed E-state index contributed by atoms with van der Waals surface area (Å²) in [6.45, 7) is 2.13. The van der Waals surface area contributed by atoms with E-state index in [1.807, 2.05) is 0 Å². The van der Waals surface area contributed by atoms with E-state index < -0.39 is 22.3 Å². The maximum Gasteiger partial charge on any atom is 0.421 e. The zero-order chi connectivity index (χ0) is 13.3. The van der Waals surface area contributed by atoms with E-state index in [0.717, 1.165) is 0 Å².